The Hall–Kier alpha value is -1.85. The van der Waals surface area contributed by atoms with E-state index in [0.29, 0.717) is 5.69 Å². The minimum absolute atomic E-state index is 0.0132. The minimum atomic E-state index is -3.56. The van der Waals surface area contributed by atoms with E-state index in [1.54, 1.807) is 6.07 Å². The number of nitrogens with one attached hydrogen (secondary N) is 2. The molecule has 0 spiro atoms. The molecule has 1 fully saturated rings. The Balaban J connectivity index is 1.63. The lowest BCUT2D eigenvalue weighted by molar-refractivity contribution is 0.253. The minimum Gasteiger partial charge on any atom is -0.271 e. The van der Waals surface area contributed by atoms with Crippen molar-refractivity contribution in [1.82, 2.24) is 4.72 Å². The maximum Gasteiger partial charge on any atom is 0.299 e. The van der Waals surface area contributed by atoms with Gasteiger partial charge in [0, 0.05) is 11.7 Å². The van der Waals surface area contributed by atoms with Crippen molar-refractivity contribution in [3.05, 3.63) is 65.7 Å². The molecule has 1 aliphatic rings. The predicted octanol–water partition coefficient (Wildman–Crippen LogP) is 4.53. The van der Waals surface area contributed by atoms with Crippen LogP contribution in [0, 0.1) is 6.92 Å². The van der Waals surface area contributed by atoms with Crippen molar-refractivity contribution in [1.29, 1.82) is 0 Å². The van der Waals surface area contributed by atoms with Crippen LogP contribution in [0.15, 0.2) is 54.6 Å². The highest BCUT2D eigenvalue weighted by Crippen LogP contribution is 2.42. The van der Waals surface area contributed by atoms with Crippen LogP contribution in [0.25, 0.3) is 0 Å². The third-order valence-corrected chi connectivity index (χ3v) is 6.75. The summed E-state index contributed by atoms with van der Waals surface area (Å²) in [4.78, 5) is 0. The molecular weight excluding hydrogens is 344 g/mol. The van der Waals surface area contributed by atoms with Crippen molar-refractivity contribution in [2.45, 2.75) is 57.4 Å². The summed E-state index contributed by atoms with van der Waals surface area (Å²) in [7, 11) is -3.56. The first kappa shape index (κ1) is 18.9. The Labute approximate surface area is 157 Å². The zero-order chi connectivity index (χ0) is 18.6. The number of benzene rings is 2. The number of rotatable bonds is 6. The van der Waals surface area contributed by atoms with E-state index < -0.39 is 10.2 Å². The molecule has 26 heavy (non-hydrogen) atoms. The highest BCUT2D eigenvalue weighted by atomic mass is 32.2. The predicted molar refractivity (Wildman–Crippen MR) is 108 cm³/mol. The Kier molecular flexibility index (Phi) is 5.68. The summed E-state index contributed by atoms with van der Waals surface area (Å²) >= 11 is 0. The molecule has 0 bridgehead atoms. The van der Waals surface area contributed by atoms with Gasteiger partial charge in [-0.2, -0.15) is 13.1 Å². The molecule has 0 amide bonds. The van der Waals surface area contributed by atoms with Crippen LogP contribution >= 0.6 is 0 Å². The average molecular weight is 373 g/mol. The van der Waals surface area contributed by atoms with Crippen LogP contribution in [0.5, 0.6) is 0 Å². The molecule has 0 atom stereocenters. The highest BCUT2D eigenvalue weighted by molar-refractivity contribution is 7.90. The van der Waals surface area contributed by atoms with Gasteiger partial charge in [0.2, 0.25) is 0 Å². The second-order valence-corrected chi connectivity index (χ2v) is 8.81. The Morgan fingerprint density at radius 2 is 1.73 bits per heavy atom. The van der Waals surface area contributed by atoms with Crippen LogP contribution in [0.4, 0.5) is 5.69 Å². The summed E-state index contributed by atoms with van der Waals surface area (Å²) < 4.78 is 30.4. The Bertz CT molecular complexity index is 826. The lowest BCUT2D eigenvalue weighted by Gasteiger charge is -2.40. The van der Waals surface area contributed by atoms with Crippen molar-refractivity contribution < 1.29 is 8.42 Å². The molecular formula is C21H28N2O2S. The first-order valence-electron chi connectivity index (χ1n) is 9.35. The maximum absolute atomic E-state index is 12.5. The molecule has 1 saturated carbocycles. The van der Waals surface area contributed by atoms with Gasteiger partial charge in [-0.15, -0.1) is 0 Å². The van der Waals surface area contributed by atoms with E-state index in [4.69, 9.17) is 0 Å². The van der Waals surface area contributed by atoms with Crippen LogP contribution in [-0.4, -0.2) is 14.5 Å². The molecule has 4 nitrogen and oxygen atoms in total. The van der Waals surface area contributed by atoms with E-state index in [9.17, 15) is 8.42 Å². The molecule has 0 radical (unpaired) electrons. The van der Waals surface area contributed by atoms with Crippen molar-refractivity contribution in [2.75, 3.05) is 4.72 Å². The van der Waals surface area contributed by atoms with Gasteiger partial charge >= 0.3 is 0 Å². The van der Waals surface area contributed by atoms with E-state index >= 15 is 0 Å². The molecule has 0 heterocycles. The fourth-order valence-electron chi connectivity index (χ4n) is 4.04. The average Bonchev–Trinajstić information content (AvgIpc) is 2.62. The standard InChI is InChI=1S/C21H28N2O2S/c1-3-21(18-9-5-4-6-10-18)14-12-19(13-15-21)22-26(24,25)23-20-11-7-8-17(2)16-20/h4-11,16,19,22-23H,3,12-15H2,1-2H3. The molecule has 0 saturated heterocycles. The van der Waals surface area contributed by atoms with Gasteiger partial charge in [-0.1, -0.05) is 49.4 Å². The van der Waals surface area contributed by atoms with Crippen LogP contribution in [-0.2, 0) is 15.6 Å². The van der Waals surface area contributed by atoms with E-state index in [0.717, 1.165) is 37.7 Å². The topological polar surface area (TPSA) is 58.2 Å². The third-order valence-electron chi connectivity index (χ3n) is 5.60. The van der Waals surface area contributed by atoms with Gasteiger partial charge in [0.05, 0.1) is 0 Å². The SMILES string of the molecule is CCC1(c2ccccc2)CCC(NS(=O)(=O)Nc2cccc(C)c2)CC1. The quantitative estimate of drug-likeness (QED) is 0.782. The van der Waals surface area contributed by atoms with Gasteiger partial charge in [0.15, 0.2) is 0 Å². The zero-order valence-electron chi connectivity index (χ0n) is 15.5. The maximum atomic E-state index is 12.5. The van der Waals surface area contributed by atoms with E-state index in [1.165, 1.54) is 5.56 Å². The molecule has 1 aliphatic carbocycles. The molecule has 3 rings (SSSR count). The summed E-state index contributed by atoms with van der Waals surface area (Å²) in [6.45, 7) is 4.18. The van der Waals surface area contributed by atoms with Crippen molar-refractivity contribution in [3.8, 4) is 0 Å². The molecule has 0 unspecified atom stereocenters. The number of anilines is 1. The van der Waals surface area contributed by atoms with Gasteiger partial charge in [0.1, 0.15) is 0 Å². The molecule has 5 heteroatoms. The van der Waals surface area contributed by atoms with Gasteiger partial charge in [-0.25, -0.2) is 0 Å². The number of hydrogen-bond donors (Lipinski definition) is 2. The summed E-state index contributed by atoms with van der Waals surface area (Å²) in [6.07, 6.45) is 4.81. The van der Waals surface area contributed by atoms with Crippen LogP contribution in [0.1, 0.15) is 50.2 Å². The lowest BCUT2D eigenvalue weighted by atomic mass is 9.67. The summed E-state index contributed by atoms with van der Waals surface area (Å²) in [6, 6.07) is 18.0. The van der Waals surface area contributed by atoms with Gasteiger partial charge in [-0.3, -0.25) is 4.72 Å². The molecule has 2 N–H and O–H groups in total. The van der Waals surface area contributed by atoms with E-state index in [1.807, 2.05) is 31.2 Å². The van der Waals surface area contributed by atoms with Crippen LogP contribution in [0.3, 0.4) is 0 Å². The van der Waals surface area contributed by atoms with Crippen molar-refractivity contribution in [2.24, 2.45) is 0 Å². The van der Waals surface area contributed by atoms with Crippen LogP contribution < -0.4 is 9.44 Å². The van der Waals surface area contributed by atoms with Crippen molar-refractivity contribution in [3.63, 3.8) is 0 Å². The largest absolute Gasteiger partial charge is 0.299 e. The molecule has 0 aliphatic heterocycles. The Morgan fingerprint density at radius 3 is 2.35 bits per heavy atom. The fourth-order valence-corrected chi connectivity index (χ4v) is 5.21. The molecule has 0 aromatic heterocycles. The number of aryl methyl sites for hydroxylation is 1. The molecule has 2 aromatic carbocycles. The Morgan fingerprint density at radius 1 is 1.04 bits per heavy atom. The van der Waals surface area contributed by atoms with Gasteiger partial charge in [0.25, 0.3) is 10.2 Å². The third kappa shape index (κ3) is 4.46. The second kappa shape index (κ2) is 7.80. The highest BCUT2D eigenvalue weighted by Gasteiger charge is 2.36. The summed E-state index contributed by atoms with van der Waals surface area (Å²) in [5, 5.41) is 0. The zero-order valence-corrected chi connectivity index (χ0v) is 16.4. The van der Waals surface area contributed by atoms with Crippen molar-refractivity contribution >= 4 is 15.9 Å². The first-order chi connectivity index (χ1) is 12.4. The number of hydrogen-bond acceptors (Lipinski definition) is 2. The van der Waals surface area contributed by atoms with Gasteiger partial charge < -0.3 is 0 Å². The van der Waals surface area contributed by atoms with E-state index in [-0.39, 0.29) is 11.5 Å². The summed E-state index contributed by atoms with van der Waals surface area (Å²) in [5.41, 5.74) is 3.17. The molecule has 2 aromatic rings. The second-order valence-electron chi connectivity index (χ2n) is 7.37. The fraction of sp³-hybridized carbons (Fsp3) is 0.429. The van der Waals surface area contributed by atoms with E-state index in [2.05, 4.69) is 40.6 Å². The monoisotopic (exact) mass is 372 g/mol. The smallest absolute Gasteiger partial charge is 0.271 e. The first-order valence-corrected chi connectivity index (χ1v) is 10.8. The normalized spacial score (nSPS) is 23.5. The summed E-state index contributed by atoms with van der Waals surface area (Å²) in [5.74, 6) is 0. The van der Waals surface area contributed by atoms with Crippen LogP contribution in [0.2, 0.25) is 0 Å². The van der Waals surface area contributed by atoms with Gasteiger partial charge in [-0.05, 0) is 67.7 Å². The lowest BCUT2D eigenvalue weighted by Crippen LogP contribution is -2.44. The molecule has 140 valence electrons.